The molecule has 182 valence electrons. The molecule has 7 nitrogen and oxygen atoms in total. The molecule has 2 aromatic carbocycles. The number of hydrogen-bond donors (Lipinski definition) is 2. The number of para-hydroxylation sites is 2. The second kappa shape index (κ2) is 8.28. The lowest BCUT2D eigenvalue weighted by molar-refractivity contribution is 0.0689. The van der Waals surface area contributed by atoms with Gasteiger partial charge in [-0.3, -0.25) is 15.2 Å². The van der Waals surface area contributed by atoms with Crippen LogP contribution in [-0.4, -0.2) is 33.8 Å². The van der Waals surface area contributed by atoms with Gasteiger partial charge < -0.3 is 9.84 Å². The Hall–Kier alpha value is -3.57. The summed E-state index contributed by atoms with van der Waals surface area (Å²) < 4.78 is 49.6. The van der Waals surface area contributed by atoms with Crippen LogP contribution in [0.25, 0.3) is 16.0 Å². The molecule has 0 aliphatic carbocycles. The Labute approximate surface area is 202 Å². The average molecular weight is 503 g/mol. The highest BCUT2D eigenvalue weighted by Gasteiger charge is 2.34. The molecular weight excluding hydrogens is 481 g/mol. The van der Waals surface area contributed by atoms with E-state index >= 15 is 0 Å². The molecular formula is C24H21F3N4O3S. The summed E-state index contributed by atoms with van der Waals surface area (Å²) in [5, 5.41) is 16.9. The van der Waals surface area contributed by atoms with Gasteiger partial charge in [-0.25, -0.2) is 17.7 Å². The van der Waals surface area contributed by atoms with E-state index in [-0.39, 0.29) is 26.5 Å². The molecule has 3 heterocycles. The molecule has 0 radical (unpaired) electrons. The molecule has 1 aliphatic heterocycles. The SMILES string of the molecule is Cc1nn2c(C(C)(C)O)c(C(=O)NN3CCOc4ccccc43)sc2c1-c1cc(F)cc(F)c1F. The van der Waals surface area contributed by atoms with Crippen molar-refractivity contribution in [1.29, 1.82) is 0 Å². The van der Waals surface area contributed by atoms with Crippen molar-refractivity contribution in [3.8, 4) is 16.9 Å². The van der Waals surface area contributed by atoms with Crippen molar-refractivity contribution >= 4 is 27.8 Å². The highest BCUT2D eigenvalue weighted by Crippen LogP contribution is 2.40. The Bertz CT molecular complexity index is 1480. The van der Waals surface area contributed by atoms with Crippen molar-refractivity contribution in [2.45, 2.75) is 26.4 Å². The number of ether oxygens (including phenoxy) is 1. The van der Waals surface area contributed by atoms with Gasteiger partial charge in [-0.15, -0.1) is 11.3 Å². The van der Waals surface area contributed by atoms with Crippen molar-refractivity contribution in [1.82, 2.24) is 15.0 Å². The van der Waals surface area contributed by atoms with Crippen LogP contribution in [0.5, 0.6) is 5.75 Å². The van der Waals surface area contributed by atoms with E-state index in [1.165, 1.54) is 18.4 Å². The van der Waals surface area contributed by atoms with Gasteiger partial charge in [0.05, 0.1) is 23.6 Å². The van der Waals surface area contributed by atoms with E-state index in [9.17, 15) is 23.1 Å². The fourth-order valence-corrected chi connectivity index (χ4v) is 5.53. The van der Waals surface area contributed by atoms with Gasteiger partial charge in [-0.2, -0.15) is 5.10 Å². The van der Waals surface area contributed by atoms with Crippen LogP contribution < -0.4 is 15.2 Å². The number of anilines is 1. The maximum absolute atomic E-state index is 14.7. The second-order valence-electron chi connectivity index (χ2n) is 8.67. The number of nitrogens with zero attached hydrogens (tertiary/aromatic N) is 3. The molecule has 0 atom stereocenters. The fourth-order valence-electron chi connectivity index (χ4n) is 4.19. The zero-order valence-corrected chi connectivity index (χ0v) is 19.8. The first kappa shape index (κ1) is 23.2. The topological polar surface area (TPSA) is 79.1 Å². The summed E-state index contributed by atoms with van der Waals surface area (Å²) in [6.07, 6.45) is 0. The molecule has 0 unspecified atom stereocenters. The number of hydrazine groups is 1. The minimum absolute atomic E-state index is 0.127. The number of carbonyl (C=O) groups is 1. The van der Waals surface area contributed by atoms with Crippen molar-refractivity contribution in [3.05, 3.63) is 70.1 Å². The van der Waals surface area contributed by atoms with Crippen LogP contribution in [0.2, 0.25) is 0 Å². The third kappa shape index (κ3) is 3.90. The average Bonchev–Trinajstić information content (AvgIpc) is 3.31. The molecule has 1 aliphatic rings. The third-order valence-electron chi connectivity index (χ3n) is 5.66. The lowest BCUT2D eigenvalue weighted by Crippen LogP contribution is -2.47. The molecule has 0 bridgehead atoms. The number of rotatable bonds is 4. The normalized spacial score (nSPS) is 13.6. The predicted molar refractivity (Wildman–Crippen MR) is 125 cm³/mol. The molecule has 2 aromatic heterocycles. The van der Waals surface area contributed by atoms with Crippen LogP contribution in [0.15, 0.2) is 36.4 Å². The number of fused-ring (bicyclic) bond motifs is 2. The van der Waals surface area contributed by atoms with Gasteiger partial charge in [0.25, 0.3) is 5.91 Å². The van der Waals surface area contributed by atoms with E-state index < -0.39 is 29.0 Å². The smallest absolute Gasteiger partial charge is 0.281 e. The summed E-state index contributed by atoms with van der Waals surface area (Å²) >= 11 is 0.950. The third-order valence-corrected chi connectivity index (χ3v) is 6.81. The first-order chi connectivity index (χ1) is 16.6. The Morgan fingerprint density at radius 1 is 1.23 bits per heavy atom. The standard InChI is InChI=1S/C24H21F3N4O3S/c1-12-18(14-10-13(25)11-15(26)19(14)27)23-31(28-12)21(24(2,3)33)20(35-23)22(32)29-30-8-9-34-17-7-5-4-6-16(17)30/h4-7,10-11,33H,8-9H2,1-3H3,(H,29,32). The zero-order valence-electron chi connectivity index (χ0n) is 19.0. The van der Waals surface area contributed by atoms with Gasteiger partial charge in [-0.1, -0.05) is 12.1 Å². The summed E-state index contributed by atoms with van der Waals surface area (Å²) in [7, 11) is 0. The highest BCUT2D eigenvalue weighted by atomic mass is 32.1. The molecule has 0 saturated heterocycles. The number of aryl methyl sites for hydroxylation is 1. The number of hydrogen-bond acceptors (Lipinski definition) is 6. The largest absolute Gasteiger partial charge is 0.489 e. The molecule has 5 rings (SSSR count). The van der Waals surface area contributed by atoms with E-state index in [0.717, 1.165) is 17.4 Å². The lowest BCUT2D eigenvalue weighted by Gasteiger charge is -2.31. The Morgan fingerprint density at radius 3 is 2.71 bits per heavy atom. The molecule has 4 aromatic rings. The minimum Gasteiger partial charge on any atom is -0.489 e. The van der Waals surface area contributed by atoms with Crippen molar-refractivity contribution < 1.29 is 27.8 Å². The van der Waals surface area contributed by atoms with Gasteiger partial charge in [0.1, 0.15) is 33.5 Å². The van der Waals surface area contributed by atoms with E-state index in [0.29, 0.717) is 36.3 Å². The first-order valence-electron chi connectivity index (χ1n) is 10.8. The van der Waals surface area contributed by atoms with Crippen LogP contribution in [0.4, 0.5) is 18.9 Å². The van der Waals surface area contributed by atoms with Crippen LogP contribution in [0, 0.1) is 24.4 Å². The number of aromatic nitrogens is 2. The van der Waals surface area contributed by atoms with Gasteiger partial charge in [0.15, 0.2) is 11.6 Å². The Kier molecular flexibility index (Phi) is 5.48. The van der Waals surface area contributed by atoms with Gasteiger partial charge in [-0.05, 0) is 39.0 Å². The molecule has 0 saturated carbocycles. The monoisotopic (exact) mass is 502 g/mol. The molecule has 0 fully saturated rings. The number of amides is 1. The summed E-state index contributed by atoms with van der Waals surface area (Å²) in [5.74, 6) is -3.41. The molecule has 11 heteroatoms. The predicted octanol–water partition coefficient (Wildman–Crippen LogP) is 4.56. The highest BCUT2D eigenvalue weighted by molar-refractivity contribution is 7.20. The van der Waals surface area contributed by atoms with E-state index in [1.807, 2.05) is 12.1 Å². The number of halogens is 3. The van der Waals surface area contributed by atoms with Crippen molar-refractivity contribution in [2.75, 3.05) is 18.2 Å². The van der Waals surface area contributed by atoms with Gasteiger partial charge in [0, 0.05) is 17.2 Å². The zero-order chi connectivity index (χ0) is 25.1. The summed E-state index contributed by atoms with van der Waals surface area (Å²) in [6.45, 7) is 5.30. The van der Waals surface area contributed by atoms with E-state index in [4.69, 9.17) is 4.74 Å². The van der Waals surface area contributed by atoms with Crippen LogP contribution in [0.1, 0.15) is 34.9 Å². The Morgan fingerprint density at radius 2 is 1.97 bits per heavy atom. The molecule has 1 amide bonds. The fraction of sp³-hybridized carbons (Fsp3) is 0.250. The number of nitrogens with one attached hydrogen (secondary N) is 1. The summed E-state index contributed by atoms with van der Waals surface area (Å²) in [6, 6.07) is 8.58. The molecule has 35 heavy (non-hydrogen) atoms. The van der Waals surface area contributed by atoms with Crippen molar-refractivity contribution in [3.63, 3.8) is 0 Å². The van der Waals surface area contributed by atoms with Crippen LogP contribution in [-0.2, 0) is 5.60 Å². The maximum atomic E-state index is 14.7. The summed E-state index contributed by atoms with van der Waals surface area (Å²) in [4.78, 5) is 13.8. The summed E-state index contributed by atoms with van der Waals surface area (Å²) in [5.41, 5.74) is 2.29. The second-order valence-corrected chi connectivity index (χ2v) is 9.67. The van der Waals surface area contributed by atoms with E-state index in [1.54, 1.807) is 24.1 Å². The van der Waals surface area contributed by atoms with Crippen LogP contribution >= 0.6 is 11.3 Å². The van der Waals surface area contributed by atoms with Crippen LogP contribution in [0.3, 0.4) is 0 Å². The van der Waals surface area contributed by atoms with Crippen molar-refractivity contribution in [2.24, 2.45) is 0 Å². The number of thiazole rings is 1. The van der Waals surface area contributed by atoms with E-state index in [2.05, 4.69) is 10.5 Å². The quantitative estimate of drug-likeness (QED) is 0.400. The van der Waals surface area contributed by atoms with Gasteiger partial charge in [0.2, 0.25) is 0 Å². The Balaban J connectivity index is 1.64. The number of aliphatic hydroxyl groups is 1. The minimum atomic E-state index is -1.52. The molecule has 2 N–H and O–H groups in total. The lowest BCUT2D eigenvalue weighted by atomic mass is 10.0. The van der Waals surface area contributed by atoms with Gasteiger partial charge >= 0.3 is 0 Å². The first-order valence-corrected chi connectivity index (χ1v) is 11.6. The molecule has 0 spiro atoms. The number of benzene rings is 2. The maximum Gasteiger partial charge on any atom is 0.281 e. The number of carbonyl (C=O) groups excluding carboxylic acids is 1.